The summed E-state index contributed by atoms with van der Waals surface area (Å²) in [5, 5.41) is 0. The summed E-state index contributed by atoms with van der Waals surface area (Å²) in [6, 6.07) is 7.11. The summed E-state index contributed by atoms with van der Waals surface area (Å²) in [6.07, 6.45) is 3.07. The van der Waals surface area contributed by atoms with E-state index in [1.165, 1.54) is 0 Å². The van der Waals surface area contributed by atoms with Gasteiger partial charge in [0.05, 0.1) is 0 Å². The van der Waals surface area contributed by atoms with Crippen molar-refractivity contribution in [3.63, 3.8) is 0 Å². The number of carbonyl (C=O) groups excluding carboxylic acids is 2. The second-order valence-corrected chi connectivity index (χ2v) is 7.64. The second kappa shape index (κ2) is 7.84. The van der Waals surface area contributed by atoms with Gasteiger partial charge in [0.15, 0.2) is 0 Å². The average Bonchev–Trinajstić information content (AvgIpc) is 2.67. The molecule has 3 rings (SSSR count). The molecule has 0 unspecified atom stereocenters. The number of rotatable bonds is 3. The molecule has 28 heavy (non-hydrogen) atoms. The van der Waals surface area contributed by atoms with Crippen LogP contribution in [0.3, 0.4) is 0 Å². The first-order chi connectivity index (χ1) is 13.2. The Kier molecular flexibility index (Phi) is 5.48. The van der Waals surface area contributed by atoms with Gasteiger partial charge in [0.1, 0.15) is 5.60 Å². The maximum Gasteiger partial charge on any atom is 0.410 e. The Labute approximate surface area is 164 Å². The third-order valence-electron chi connectivity index (χ3n) is 4.36. The van der Waals surface area contributed by atoms with Crippen LogP contribution in [0, 0.1) is 0 Å². The van der Waals surface area contributed by atoms with Crippen molar-refractivity contribution in [1.82, 2.24) is 14.9 Å². The van der Waals surface area contributed by atoms with Crippen molar-refractivity contribution in [3.8, 4) is 11.1 Å². The molecular weight excluding hydrogens is 358 g/mol. The molecule has 1 aliphatic rings. The Morgan fingerprint density at radius 1 is 1.04 bits per heavy atom. The molecule has 148 valence electrons. The quantitative estimate of drug-likeness (QED) is 0.873. The molecule has 2 heterocycles. The van der Waals surface area contributed by atoms with E-state index in [1.54, 1.807) is 29.4 Å². The topological polar surface area (TPSA) is 102 Å². The zero-order valence-corrected chi connectivity index (χ0v) is 16.4. The standard InChI is InChI=1S/C20H25N5O3/c1-20(2,3)28-19(27)25-10-8-24(9-11-25)18-22-12-14(13-23-18)15-6-4-5-7-16(15)17(21)26/h4-7,12-13H,8-11H2,1-3H3,(H2,21,26). The largest absolute Gasteiger partial charge is 0.444 e. The Balaban J connectivity index is 1.66. The fraction of sp³-hybridized carbons (Fsp3) is 0.400. The molecule has 2 N–H and O–H groups in total. The van der Waals surface area contributed by atoms with Crippen LogP contribution < -0.4 is 10.6 Å². The summed E-state index contributed by atoms with van der Waals surface area (Å²) in [7, 11) is 0. The number of nitrogens with zero attached hydrogens (tertiary/aromatic N) is 4. The van der Waals surface area contributed by atoms with Gasteiger partial charge in [-0.05, 0) is 32.4 Å². The molecule has 1 aromatic heterocycles. The highest BCUT2D eigenvalue weighted by Crippen LogP contribution is 2.23. The van der Waals surface area contributed by atoms with Gasteiger partial charge in [-0.2, -0.15) is 0 Å². The van der Waals surface area contributed by atoms with Gasteiger partial charge in [0, 0.05) is 49.7 Å². The summed E-state index contributed by atoms with van der Waals surface area (Å²) in [5.41, 5.74) is 6.81. The van der Waals surface area contributed by atoms with Gasteiger partial charge >= 0.3 is 6.09 Å². The first kappa shape index (κ1) is 19.6. The smallest absolute Gasteiger partial charge is 0.410 e. The summed E-state index contributed by atoms with van der Waals surface area (Å²) >= 11 is 0. The predicted molar refractivity (Wildman–Crippen MR) is 106 cm³/mol. The lowest BCUT2D eigenvalue weighted by molar-refractivity contribution is 0.0240. The van der Waals surface area contributed by atoms with E-state index >= 15 is 0 Å². The predicted octanol–water partition coefficient (Wildman–Crippen LogP) is 2.30. The number of amides is 2. The highest BCUT2D eigenvalue weighted by Gasteiger charge is 2.26. The molecule has 0 aliphatic carbocycles. The fourth-order valence-corrected chi connectivity index (χ4v) is 2.99. The molecule has 1 aromatic carbocycles. The molecule has 0 radical (unpaired) electrons. The minimum absolute atomic E-state index is 0.300. The SMILES string of the molecule is CC(C)(C)OC(=O)N1CCN(c2ncc(-c3ccccc3C(N)=O)cn2)CC1. The highest BCUT2D eigenvalue weighted by atomic mass is 16.6. The Morgan fingerprint density at radius 3 is 2.21 bits per heavy atom. The van der Waals surface area contributed by atoms with Crippen molar-refractivity contribution >= 4 is 17.9 Å². The van der Waals surface area contributed by atoms with E-state index in [1.807, 2.05) is 37.8 Å². The van der Waals surface area contributed by atoms with E-state index in [2.05, 4.69) is 9.97 Å². The molecule has 0 spiro atoms. The van der Waals surface area contributed by atoms with E-state index in [-0.39, 0.29) is 6.09 Å². The minimum atomic E-state index is -0.506. The molecule has 1 fully saturated rings. The van der Waals surface area contributed by atoms with Crippen LogP contribution in [0.5, 0.6) is 0 Å². The number of aromatic nitrogens is 2. The van der Waals surface area contributed by atoms with Crippen molar-refractivity contribution in [1.29, 1.82) is 0 Å². The Morgan fingerprint density at radius 2 is 1.64 bits per heavy atom. The van der Waals surface area contributed by atoms with E-state index < -0.39 is 11.5 Å². The van der Waals surface area contributed by atoms with E-state index in [9.17, 15) is 9.59 Å². The van der Waals surface area contributed by atoms with E-state index in [4.69, 9.17) is 10.5 Å². The monoisotopic (exact) mass is 383 g/mol. The number of nitrogens with two attached hydrogens (primary N) is 1. The van der Waals surface area contributed by atoms with Crippen molar-refractivity contribution in [2.24, 2.45) is 5.73 Å². The number of ether oxygens (including phenoxy) is 1. The second-order valence-electron chi connectivity index (χ2n) is 7.64. The maximum absolute atomic E-state index is 12.2. The number of piperazine rings is 1. The van der Waals surface area contributed by atoms with Crippen molar-refractivity contribution < 1.29 is 14.3 Å². The molecule has 8 heteroatoms. The fourth-order valence-electron chi connectivity index (χ4n) is 2.99. The van der Waals surface area contributed by atoms with Gasteiger partial charge < -0.3 is 20.3 Å². The maximum atomic E-state index is 12.2. The van der Waals surface area contributed by atoms with Gasteiger partial charge in [-0.15, -0.1) is 0 Å². The lowest BCUT2D eigenvalue weighted by Crippen LogP contribution is -2.50. The van der Waals surface area contributed by atoms with E-state index in [0.717, 1.165) is 5.56 Å². The van der Waals surface area contributed by atoms with Crippen molar-refractivity contribution in [2.75, 3.05) is 31.1 Å². The number of hydrogen-bond donors (Lipinski definition) is 1. The molecule has 0 bridgehead atoms. The van der Waals surface area contributed by atoms with Gasteiger partial charge in [-0.1, -0.05) is 18.2 Å². The van der Waals surface area contributed by atoms with Crippen LogP contribution in [0.25, 0.3) is 11.1 Å². The van der Waals surface area contributed by atoms with Crippen molar-refractivity contribution in [2.45, 2.75) is 26.4 Å². The van der Waals surface area contributed by atoms with Gasteiger partial charge in [0.2, 0.25) is 11.9 Å². The third kappa shape index (κ3) is 4.57. The molecule has 1 saturated heterocycles. The summed E-state index contributed by atoms with van der Waals surface area (Å²) < 4.78 is 5.41. The Bertz CT molecular complexity index is 853. The summed E-state index contributed by atoms with van der Waals surface area (Å²) in [4.78, 5) is 36.4. The lowest BCUT2D eigenvalue weighted by atomic mass is 10.0. The normalized spacial score (nSPS) is 14.7. The number of anilines is 1. The first-order valence-corrected chi connectivity index (χ1v) is 9.19. The molecule has 8 nitrogen and oxygen atoms in total. The summed E-state index contributed by atoms with van der Waals surface area (Å²) in [6.45, 7) is 7.90. The molecule has 0 saturated carbocycles. The van der Waals surface area contributed by atoms with Crippen LogP contribution in [-0.2, 0) is 4.74 Å². The zero-order chi connectivity index (χ0) is 20.3. The van der Waals surface area contributed by atoms with Crippen LogP contribution in [0.15, 0.2) is 36.7 Å². The van der Waals surface area contributed by atoms with Crippen LogP contribution in [0.1, 0.15) is 31.1 Å². The molecule has 1 aliphatic heterocycles. The van der Waals surface area contributed by atoms with E-state index in [0.29, 0.717) is 43.3 Å². The average molecular weight is 383 g/mol. The lowest BCUT2D eigenvalue weighted by Gasteiger charge is -2.35. The number of hydrogen-bond acceptors (Lipinski definition) is 6. The summed E-state index contributed by atoms with van der Waals surface area (Å²) in [5.74, 6) is 0.0992. The number of carbonyl (C=O) groups is 2. The molecule has 0 atom stereocenters. The molecule has 2 amide bonds. The number of primary amides is 1. The van der Waals surface area contributed by atoms with Crippen LogP contribution in [0.4, 0.5) is 10.7 Å². The molecule has 2 aromatic rings. The van der Waals surface area contributed by atoms with Crippen LogP contribution in [-0.4, -0.2) is 58.6 Å². The van der Waals surface area contributed by atoms with Gasteiger partial charge in [-0.3, -0.25) is 4.79 Å². The van der Waals surface area contributed by atoms with Crippen LogP contribution >= 0.6 is 0 Å². The minimum Gasteiger partial charge on any atom is -0.444 e. The Hall–Kier alpha value is -3.16. The molecular formula is C20H25N5O3. The number of benzene rings is 1. The highest BCUT2D eigenvalue weighted by molar-refractivity contribution is 5.99. The van der Waals surface area contributed by atoms with Crippen molar-refractivity contribution in [3.05, 3.63) is 42.2 Å². The van der Waals surface area contributed by atoms with Gasteiger partial charge in [-0.25, -0.2) is 14.8 Å². The third-order valence-corrected chi connectivity index (χ3v) is 4.36. The first-order valence-electron chi connectivity index (χ1n) is 9.19. The van der Waals surface area contributed by atoms with Gasteiger partial charge in [0.25, 0.3) is 0 Å². The zero-order valence-electron chi connectivity index (χ0n) is 16.4. The van der Waals surface area contributed by atoms with Crippen LogP contribution in [0.2, 0.25) is 0 Å².